The van der Waals surface area contributed by atoms with Gasteiger partial charge in [0.05, 0.1) is 32.0 Å². The Morgan fingerprint density at radius 2 is 1.94 bits per heavy atom. The van der Waals surface area contributed by atoms with Crippen molar-refractivity contribution in [2.45, 2.75) is 38.6 Å². The molecule has 0 aliphatic heterocycles. The minimum atomic E-state index is -0.0912. The zero-order valence-electron chi connectivity index (χ0n) is 17.7. The minimum absolute atomic E-state index is 0. The summed E-state index contributed by atoms with van der Waals surface area (Å²) in [5.41, 5.74) is 2.63. The predicted octanol–water partition coefficient (Wildman–Crippen LogP) is 6.38. The van der Waals surface area contributed by atoms with E-state index in [-0.39, 0.29) is 18.3 Å². The maximum absolute atomic E-state index is 13.4. The molecular weight excluding hydrogens is 452 g/mol. The summed E-state index contributed by atoms with van der Waals surface area (Å²) >= 11 is 3.45. The van der Waals surface area contributed by atoms with Gasteiger partial charge in [-0.3, -0.25) is 4.79 Å². The monoisotopic (exact) mass is 478 g/mol. The number of nitrogens with one attached hydrogen (secondary N) is 2. The molecule has 4 rings (SSSR count). The lowest BCUT2D eigenvalue weighted by atomic mass is 10.0. The highest BCUT2D eigenvalue weighted by Gasteiger charge is 2.25. The molecule has 3 aromatic rings. The molecule has 8 heteroatoms. The fraction of sp³-hybridized carbons (Fsp3) is 0.348. The highest BCUT2D eigenvalue weighted by molar-refractivity contribution is 7.16. The van der Waals surface area contributed by atoms with Crippen molar-refractivity contribution in [3.8, 4) is 11.5 Å². The number of carbonyl (C=O) groups excluding carboxylic acids is 1. The van der Waals surface area contributed by atoms with E-state index in [0.29, 0.717) is 17.2 Å². The van der Waals surface area contributed by atoms with Crippen LogP contribution >= 0.6 is 35.1 Å². The average Bonchev–Trinajstić information content (AvgIpc) is 3.34. The molecule has 0 spiro atoms. The van der Waals surface area contributed by atoms with Crippen LogP contribution in [0.1, 0.15) is 44.9 Å². The van der Waals surface area contributed by atoms with Crippen LogP contribution in [0.3, 0.4) is 0 Å². The highest BCUT2D eigenvalue weighted by atomic mass is 35.5. The molecular formula is C23H27ClN2O3S2. The van der Waals surface area contributed by atoms with E-state index in [9.17, 15) is 4.79 Å². The van der Waals surface area contributed by atoms with E-state index in [1.54, 1.807) is 43.0 Å². The van der Waals surface area contributed by atoms with E-state index in [4.69, 9.17) is 9.47 Å². The van der Waals surface area contributed by atoms with Crippen molar-refractivity contribution in [2.24, 2.45) is 0 Å². The molecule has 2 aromatic heterocycles. The molecule has 1 aliphatic carbocycles. The maximum Gasteiger partial charge on any atom is 0.259 e. The van der Waals surface area contributed by atoms with Gasteiger partial charge in [-0.15, -0.1) is 35.1 Å². The molecule has 0 atom stereocenters. The van der Waals surface area contributed by atoms with E-state index < -0.39 is 0 Å². The second-order valence-corrected chi connectivity index (χ2v) is 9.36. The van der Waals surface area contributed by atoms with Crippen LogP contribution in [0.25, 0.3) is 0 Å². The Morgan fingerprint density at radius 3 is 2.68 bits per heavy atom. The van der Waals surface area contributed by atoms with Crippen LogP contribution in [-0.4, -0.2) is 20.1 Å². The summed E-state index contributed by atoms with van der Waals surface area (Å²) in [7, 11) is 3.20. The molecule has 0 unspecified atom stereocenters. The number of amides is 1. The van der Waals surface area contributed by atoms with Crippen LogP contribution in [0.15, 0.2) is 35.7 Å². The van der Waals surface area contributed by atoms with Gasteiger partial charge in [0.2, 0.25) is 0 Å². The summed E-state index contributed by atoms with van der Waals surface area (Å²) in [6.45, 7) is 0.725. The summed E-state index contributed by atoms with van der Waals surface area (Å²) in [6.07, 6.45) is 5.53. The quantitative estimate of drug-likeness (QED) is 0.387. The lowest BCUT2D eigenvalue weighted by molar-refractivity contribution is 0.102. The SMILES string of the molecule is COc1ccc(NC(=O)c2c(NCc3cccs3)sc3c2CCCCC3)c(OC)c1.Cl. The molecule has 1 aliphatic rings. The number of carbonyl (C=O) groups is 1. The number of fused-ring (bicyclic) bond motifs is 1. The lowest BCUT2D eigenvalue weighted by Gasteiger charge is -2.13. The second kappa shape index (κ2) is 10.9. The molecule has 0 saturated carbocycles. The number of aryl methyl sites for hydroxylation is 1. The van der Waals surface area contributed by atoms with E-state index in [2.05, 4.69) is 28.1 Å². The molecule has 2 N–H and O–H groups in total. The molecule has 0 saturated heterocycles. The predicted molar refractivity (Wildman–Crippen MR) is 132 cm³/mol. The van der Waals surface area contributed by atoms with Gasteiger partial charge in [0.1, 0.15) is 16.5 Å². The normalized spacial score (nSPS) is 12.8. The first-order valence-corrected chi connectivity index (χ1v) is 11.8. The first-order valence-electron chi connectivity index (χ1n) is 10.1. The lowest BCUT2D eigenvalue weighted by Crippen LogP contribution is -2.16. The molecule has 0 bridgehead atoms. The third-order valence-electron chi connectivity index (χ3n) is 5.31. The van der Waals surface area contributed by atoms with Crippen molar-refractivity contribution < 1.29 is 14.3 Å². The van der Waals surface area contributed by atoms with Crippen LogP contribution in [0.4, 0.5) is 10.7 Å². The van der Waals surface area contributed by atoms with Gasteiger partial charge in [-0.1, -0.05) is 12.5 Å². The Morgan fingerprint density at radius 1 is 1.10 bits per heavy atom. The Balaban J connectivity index is 0.00000272. The number of thiophene rings is 2. The summed E-state index contributed by atoms with van der Waals surface area (Å²) in [5, 5.41) is 9.62. The van der Waals surface area contributed by atoms with Crippen molar-refractivity contribution >= 4 is 51.7 Å². The number of ether oxygens (including phenoxy) is 2. The van der Waals surface area contributed by atoms with Crippen molar-refractivity contribution in [3.63, 3.8) is 0 Å². The summed E-state index contributed by atoms with van der Waals surface area (Å²) in [4.78, 5) is 16.0. The highest BCUT2D eigenvalue weighted by Crippen LogP contribution is 2.39. The number of halogens is 1. The van der Waals surface area contributed by atoms with Gasteiger partial charge in [-0.2, -0.15) is 0 Å². The molecule has 166 valence electrons. The number of rotatable bonds is 7. The molecule has 1 aromatic carbocycles. The van der Waals surface area contributed by atoms with E-state index in [1.807, 2.05) is 12.1 Å². The number of methoxy groups -OCH3 is 2. The molecule has 2 heterocycles. The first kappa shape index (κ1) is 23.4. The van der Waals surface area contributed by atoms with Gasteiger partial charge >= 0.3 is 0 Å². The molecule has 0 fully saturated rings. The van der Waals surface area contributed by atoms with Crippen molar-refractivity contribution in [2.75, 3.05) is 24.9 Å². The summed E-state index contributed by atoms with van der Waals surface area (Å²) in [5.74, 6) is 1.18. The number of benzene rings is 1. The third-order valence-corrected chi connectivity index (χ3v) is 7.43. The van der Waals surface area contributed by atoms with E-state index in [0.717, 1.165) is 36.4 Å². The Hall–Kier alpha value is -2.22. The van der Waals surface area contributed by atoms with Gasteiger partial charge in [0.25, 0.3) is 5.91 Å². The van der Waals surface area contributed by atoms with Crippen LogP contribution in [0.2, 0.25) is 0 Å². The third kappa shape index (κ3) is 5.34. The van der Waals surface area contributed by atoms with Crippen molar-refractivity contribution in [3.05, 3.63) is 56.6 Å². The largest absolute Gasteiger partial charge is 0.497 e. The van der Waals surface area contributed by atoms with Gasteiger partial charge in [0, 0.05) is 15.8 Å². The smallest absolute Gasteiger partial charge is 0.259 e. The fourth-order valence-electron chi connectivity index (χ4n) is 3.77. The van der Waals surface area contributed by atoms with Gasteiger partial charge < -0.3 is 20.1 Å². The van der Waals surface area contributed by atoms with Crippen LogP contribution in [0, 0.1) is 0 Å². The topological polar surface area (TPSA) is 59.6 Å². The molecule has 5 nitrogen and oxygen atoms in total. The Bertz CT molecular complexity index is 1020. The van der Waals surface area contributed by atoms with E-state index in [1.165, 1.54) is 28.2 Å². The van der Waals surface area contributed by atoms with Gasteiger partial charge in [0.15, 0.2) is 0 Å². The molecule has 0 radical (unpaired) electrons. The second-order valence-electron chi connectivity index (χ2n) is 7.22. The van der Waals surface area contributed by atoms with Crippen LogP contribution < -0.4 is 20.1 Å². The first-order chi connectivity index (χ1) is 14.7. The molecule has 31 heavy (non-hydrogen) atoms. The Labute approximate surface area is 197 Å². The zero-order chi connectivity index (χ0) is 20.9. The number of hydrogen-bond acceptors (Lipinski definition) is 6. The summed E-state index contributed by atoms with van der Waals surface area (Å²) in [6, 6.07) is 9.58. The van der Waals surface area contributed by atoms with Crippen LogP contribution in [0.5, 0.6) is 11.5 Å². The van der Waals surface area contributed by atoms with E-state index >= 15 is 0 Å². The van der Waals surface area contributed by atoms with Crippen LogP contribution in [-0.2, 0) is 19.4 Å². The number of anilines is 2. The van der Waals surface area contributed by atoms with Gasteiger partial charge in [-0.05, 0) is 54.8 Å². The maximum atomic E-state index is 13.4. The average molecular weight is 479 g/mol. The standard InChI is InChI=1S/C23H26N2O3S2.ClH/c1-27-15-10-11-18(19(13-15)28-2)25-22(26)21-17-8-4-3-5-9-20(17)30-23(21)24-14-16-7-6-12-29-16;/h6-7,10-13,24H,3-5,8-9,14H2,1-2H3,(H,25,26);1H. The zero-order valence-corrected chi connectivity index (χ0v) is 20.1. The van der Waals surface area contributed by atoms with Crippen molar-refractivity contribution in [1.82, 2.24) is 0 Å². The van der Waals surface area contributed by atoms with Gasteiger partial charge in [-0.25, -0.2) is 0 Å². The summed E-state index contributed by atoms with van der Waals surface area (Å²) < 4.78 is 10.7. The van der Waals surface area contributed by atoms with Crippen molar-refractivity contribution in [1.29, 1.82) is 0 Å². The fourth-order valence-corrected chi connectivity index (χ4v) is 5.70. The minimum Gasteiger partial charge on any atom is -0.497 e. The Kier molecular flexibility index (Phi) is 8.23. The number of hydrogen-bond donors (Lipinski definition) is 2. The molecule has 1 amide bonds.